The molecule has 1 heterocycles. The summed E-state index contributed by atoms with van der Waals surface area (Å²) < 4.78 is 17.0. The Morgan fingerprint density at radius 3 is 2.76 bits per heavy atom. The lowest BCUT2D eigenvalue weighted by molar-refractivity contribution is 0.273. The molecule has 1 aliphatic rings. The average molecular weight is 253 g/mol. The largest absolute Gasteiger partial charge is 0.491 e. The molecule has 2 rings (SSSR count). The lowest BCUT2D eigenvalue weighted by Crippen LogP contribution is -1.97. The predicted molar refractivity (Wildman–Crippen MR) is 67.2 cm³/mol. The highest BCUT2D eigenvalue weighted by Crippen LogP contribution is 2.20. The highest BCUT2D eigenvalue weighted by Gasteiger charge is 2.04. The van der Waals surface area contributed by atoms with E-state index in [0.29, 0.717) is 5.75 Å². The molecule has 0 fully saturated rings. The first-order chi connectivity index (χ1) is 8.38. The average Bonchev–Trinajstić information content (AvgIpc) is 2.88. The van der Waals surface area contributed by atoms with Crippen molar-refractivity contribution in [1.29, 1.82) is 0 Å². The molecule has 0 aliphatic carbocycles. The summed E-state index contributed by atoms with van der Waals surface area (Å²) in [5, 5.41) is 8.80. The molecule has 0 N–H and O–H groups in total. The number of thioether (sulfide) groups is 1. The summed E-state index contributed by atoms with van der Waals surface area (Å²) in [4.78, 5) is 4.16. The first kappa shape index (κ1) is 12.0. The van der Waals surface area contributed by atoms with Crippen LogP contribution in [0.5, 0.6) is 5.75 Å². The molecular weight excluding hydrogens is 241 g/mol. The molecule has 90 valence electrons. The van der Waals surface area contributed by atoms with Gasteiger partial charge in [0.2, 0.25) is 5.17 Å². The highest BCUT2D eigenvalue weighted by molar-refractivity contribution is 8.14. The Morgan fingerprint density at radius 1 is 1.29 bits per heavy atom. The molecule has 0 aromatic heterocycles. The number of hydrogen-bond donors (Lipinski definition) is 0. The molecule has 0 amide bonds. The topological polar surface area (TPSA) is 46.3 Å². The fourth-order valence-electron chi connectivity index (χ4n) is 1.25. The first-order valence-electron chi connectivity index (χ1n) is 5.26. The molecular formula is C11H12FN3OS. The molecule has 0 bridgehead atoms. The summed E-state index contributed by atoms with van der Waals surface area (Å²) in [6.45, 7) is 0.405. The number of ether oxygens (including phenoxy) is 1. The van der Waals surface area contributed by atoms with Crippen molar-refractivity contribution in [2.24, 2.45) is 15.2 Å². The van der Waals surface area contributed by atoms with Gasteiger partial charge in [0.1, 0.15) is 19.0 Å². The maximum absolute atomic E-state index is 11.9. The van der Waals surface area contributed by atoms with E-state index in [2.05, 4.69) is 15.2 Å². The molecule has 0 saturated heterocycles. The van der Waals surface area contributed by atoms with Crippen molar-refractivity contribution in [1.82, 2.24) is 0 Å². The minimum Gasteiger partial charge on any atom is -0.491 e. The van der Waals surface area contributed by atoms with E-state index < -0.39 is 6.67 Å². The standard InChI is InChI=1S/C11H12FN3OS/c12-5-7-16-10-3-1-9(2-4-10)14-15-11-13-6-8-17-11/h1-4H,5-8H2. The van der Waals surface area contributed by atoms with Gasteiger partial charge in [-0.3, -0.25) is 4.99 Å². The van der Waals surface area contributed by atoms with Gasteiger partial charge >= 0.3 is 0 Å². The summed E-state index contributed by atoms with van der Waals surface area (Å²) in [5.41, 5.74) is 0.729. The monoisotopic (exact) mass is 253 g/mol. The van der Waals surface area contributed by atoms with Gasteiger partial charge in [-0.05, 0) is 24.3 Å². The molecule has 17 heavy (non-hydrogen) atoms. The zero-order chi connectivity index (χ0) is 11.9. The molecule has 0 unspecified atom stereocenters. The van der Waals surface area contributed by atoms with Crippen molar-refractivity contribution >= 4 is 22.6 Å². The molecule has 0 spiro atoms. The van der Waals surface area contributed by atoms with Crippen LogP contribution in [-0.4, -0.2) is 30.7 Å². The zero-order valence-corrected chi connectivity index (χ0v) is 9.99. The maximum Gasteiger partial charge on any atom is 0.204 e. The highest BCUT2D eigenvalue weighted by atomic mass is 32.2. The van der Waals surface area contributed by atoms with Crippen molar-refractivity contribution in [3.63, 3.8) is 0 Å². The normalized spacial score (nSPS) is 15.2. The third-order valence-electron chi connectivity index (χ3n) is 2.00. The van der Waals surface area contributed by atoms with Crippen LogP contribution in [0, 0.1) is 0 Å². The molecule has 1 aromatic carbocycles. The van der Waals surface area contributed by atoms with Crippen LogP contribution in [0.1, 0.15) is 0 Å². The van der Waals surface area contributed by atoms with Crippen molar-refractivity contribution in [2.75, 3.05) is 25.6 Å². The molecule has 6 heteroatoms. The lowest BCUT2D eigenvalue weighted by atomic mass is 10.3. The van der Waals surface area contributed by atoms with Crippen LogP contribution >= 0.6 is 11.8 Å². The van der Waals surface area contributed by atoms with Gasteiger partial charge < -0.3 is 4.74 Å². The number of rotatable bonds is 4. The number of alkyl halides is 1. The van der Waals surface area contributed by atoms with Crippen LogP contribution in [0.25, 0.3) is 0 Å². The molecule has 1 aromatic rings. The van der Waals surface area contributed by atoms with Gasteiger partial charge in [-0.1, -0.05) is 11.8 Å². The van der Waals surface area contributed by atoms with Gasteiger partial charge in [0.25, 0.3) is 0 Å². The van der Waals surface area contributed by atoms with Crippen molar-refractivity contribution in [2.45, 2.75) is 0 Å². The molecule has 0 atom stereocenters. The fraction of sp³-hybridized carbons (Fsp3) is 0.364. The number of nitrogens with zero attached hydrogens (tertiary/aromatic N) is 3. The maximum atomic E-state index is 11.9. The summed E-state index contributed by atoms with van der Waals surface area (Å²) >= 11 is 1.60. The SMILES string of the molecule is FCCOc1ccc(N=NC2=NCCS2)cc1. The Balaban J connectivity index is 1.93. The van der Waals surface area contributed by atoms with Crippen molar-refractivity contribution < 1.29 is 9.13 Å². The Kier molecular flexibility index (Phi) is 4.49. The van der Waals surface area contributed by atoms with Gasteiger partial charge in [-0.25, -0.2) is 4.39 Å². The summed E-state index contributed by atoms with van der Waals surface area (Å²) in [7, 11) is 0. The van der Waals surface area contributed by atoms with E-state index in [-0.39, 0.29) is 6.61 Å². The van der Waals surface area contributed by atoms with Crippen LogP contribution in [0.15, 0.2) is 39.5 Å². The van der Waals surface area contributed by atoms with E-state index in [1.807, 2.05) is 0 Å². The van der Waals surface area contributed by atoms with Crippen LogP contribution in [-0.2, 0) is 0 Å². The van der Waals surface area contributed by atoms with E-state index in [4.69, 9.17) is 4.74 Å². The van der Waals surface area contributed by atoms with Gasteiger partial charge in [0.15, 0.2) is 0 Å². The van der Waals surface area contributed by atoms with Crippen LogP contribution in [0.4, 0.5) is 10.1 Å². The van der Waals surface area contributed by atoms with E-state index in [0.717, 1.165) is 23.2 Å². The Bertz CT molecular complexity index is 419. The Hall–Kier alpha value is -1.43. The number of amidine groups is 1. The first-order valence-corrected chi connectivity index (χ1v) is 6.25. The second-order valence-corrected chi connectivity index (χ2v) is 4.31. The zero-order valence-electron chi connectivity index (χ0n) is 9.17. The number of hydrogen-bond acceptors (Lipinski definition) is 5. The molecule has 1 aliphatic heterocycles. The summed E-state index contributed by atoms with van der Waals surface area (Å²) in [6, 6.07) is 7.04. The van der Waals surface area contributed by atoms with Crippen molar-refractivity contribution in [3.05, 3.63) is 24.3 Å². The lowest BCUT2D eigenvalue weighted by Gasteiger charge is -2.02. The Morgan fingerprint density at radius 2 is 2.12 bits per heavy atom. The number of halogens is 1. The number of azo groups is 1. The van der Waals surface area contributed by atoms with E-state index >= 15 is 0 Å². The smallest absolute Gasteiger partial charge is 0.204 e. The van der Waals surface area contributed by atoms with Crippen LogP contribution in [0.3, 0.4) is 0 Å². The Labute approximate surface area is 103 Å². The molecule has 0 saturated carbocycles. The second-order valence-electron chi connectivity index (χ2n) is 3.24. The van der Waals surface area contributed by atoms with Crippen LogP contribution in [0.2, 0.25) is 0 Å². The quantitative estimate of drug-likeness (QED) is 0.773. The third kappa shape index (κ3) is 3.81. The minimum atomic E-state index is -0.488. The van der Waals surface area contributed by atoms with E-state index in [1.54, 1.807) is 36.0 Å². The summed E-state index contributed by atoms with van der Waals surface area (Å²) in [5.74, 6) is 1.61. The molecule has 0 radical (unpaired) electrons. The minimum absolute atomic E-state index is 0.0777. The van der Waals surface area contributed by atoms with Gasteiger partial charge in [0.05, 0.1) is 12.2 Å². The van der Waals surface area contributed by atoms with Crippen molar-refractivity contribution in [3.8, 4) is 5.75 Å². The number of aliphatic imine (C=N–C) groups is 1. The number of benzene rings is 1. The predicted octanol–water partition coefficient (Wildman–Crippen LogP) is 3.22. The van der Waals surface area contributed by atoms with E-state index in [1.165, 1.54) is 0 Å². The molecule has 4 nitrogen and oxygen atoms in total. The van der Waals surface area contributed by atoms with Gasteiger partial charge in [-0.2, -0.15) is 0 Å². The van der Waals surface area contributed by atoms with E-state index in [9.17, 15) is 4.39 Å². The second kappa shape index (κ2) is 6.34. The fourth-order valence-corrected chi connectivity index (χ4v) is 1.90. The third-order valence-corrected chi connectivity index (χ3v) is 2.86. The summed E-state index contributed by atoms with van der Waals surface area (Å²) in [6.07, 6.45) is 0. The van der Waals surface area contributed by atoms with Gasteiger partial charge in [0, 0.05) is 5.75 Å². The van der Waals surface area contributed by atoms with Gasteiger partial charge in [-0.15, -0.1) is 10.2 Å². The van der Waals surface area contributed by atoms with Crippen LogP contribution < -0.4 is 4.74 Å².